The van der Waals surface area contributed by atoms with Crippen LogP contribution >= 0.6 is 0 Å². The fourth-order valence-electron chi connectivity index (χ4n) is 2.99. The molecule has 1 aliphatic carbocycles. The number of hydrogen-bond acceptors (Lipinski definition) is 4. The van der Waals surface area contributed by atoms with E-state index in [1.807, 2.05) is 13.8 Å². The summed E-state index contributed by atoms with van der Waals surface area (Å²) in [5.41, 5.74) is 0. The highest BCUT2D eigenvalue weighted by atomic mass is 32.2. The molecule has 0 bridgehead atoms. The smallest absolute Gasteiger partial charge is 0.279 e. The van der Waals surface area contributed by atoms with Crippen molar-refractivity contribution in [2.75, 3.05) is 19.6 Å². The van der Waals surface area contributed by atoms with Crippen LogP contribution in [-0.2, 0) is 14.9 Å². The zero-order chi connectivity index (χ0) is 14.8. The number of aliphatic hydroxyl groups is 1. The first kappa shape index (κ1) is 16.2. The Morgan fingerprint density at radius 3 is 2.25 bits per heavy atom. The number of rotatable bonds is 4. The van der Waals surface area contributed by atoms with Crippen LogP contribution < -0.4 is 4.72 Å². The predicted molar refractivity (Wildman–Crippen MR) is 76.5 cm³/mol. The number of morpholine rings is 1. The lowest BCUT2D eigenvalue weighted by atomic mass is 9.88. The Bertz CT molecular complexity index is 397. The lowest BCUT2D eigenvalue weighted by Gasteiger charge is -2.35. The van der Waals surface area contributed by atoms with Gasteiger partial charge in [-0.05, 0) is 45.4 Å². The largest absolute Gasteiger partial charge is 0.393 e. The van der Waals surface area contributed by atoms with E-state index in [1.54, 1.807) is 0 Å². The van der Waals surface area contributed by atoms with Crippen LogP contribution in [0.3, 0.4) is 0 Å². The lowest BCUT2D eigenvalue weighted by molar-refractivity contribution is -0.0444. The summed E-state index contributed by atoms with van der Waals surface area (Å²) in [6.45, 7) is 5.06. The number of nitrogens with one attached hydrogen (secondary N) is 1. The summed E-state index contributed by atoms with van der Waals surface area (Å²) in [6.07, 6.45) is 2.99. The third-order valence-corrected chi connectivity index (χ3v) is 5.61. The van der Waals surface area contributed by atoms with Gasteiger partial charge in [-0.1, -0.05) is 0 Å². The molecule has 118 valence electrons. The molecule has 2 atom stereocenters. The second-order valence-corrected chi connectivity index (χ2v) is 7.86. The standard InChI is InChI=1S/C13H26N2O4S/c1-10-8-15(9-11(2)19-10)20(17,18)14-7-12-3-5-13(16)6-4-12/h10-14,16H,3-9H2,1-2H3. The minimum absolute atomic E-state index is 0.0693. The third kappa shape index (κ3) is 4.39. The van der Waals surface area contributed by atoms with Crippen LogP contribution in [0.5, 0.6) is 0 Å². The number of ether oxygens (including phenoxy) is 1. The van der Waals surface area contributed by atoms with E-state index >= 15 is 0 Å². The predicted octanol–water partition coefficient (Wildman–Crippen LogP) is 0.481. The van der Waals surface area contributed by atoms with E-state index in [9.17, 15) is 13.5 Å². The second-order valence-electron chi connectivity index (χ2n) is 6.10. The molecule has 2 rings (SSSR count). The molecule has 2 N–H and O–H groups in total. The van der Waals surface area contributed by atoms with Gasteiger partial charge in [-0.25, -0.2) is 4.72 Å². The average Bonchev–Trinajstić information content (AvgIpc) is 2.37. The molecule has 0 aromatic carbocycles. The van der Waals surface area contributed by atoms with Gasteiger partial charge in [-0.2, -0.15) is 12.7 Å². The molecule has 2 aliphatic rings. The topological polar surface area (TPSA) is 78.9 Å². The molecule has 0 spiro atoms. The average molecular weight is 306 g/mol. The molecule has 2 unspecified atom stereocenters. The third-order valence-electron chi connectivity index (χ3n) is 4.10. The molecule has 2 fully saturated rings. The normalized spacial score (nSPS) is 37.0. The van der Waals surface area contributed by atoms with Gasteiger partial charge in [0.1, 0.15) is 0 Å². The van der Waals surface area contributed by atoms with Gasteiger partial charge < -0.3 is 9.84 Å². The summed E-state index contributed by atoms with van der Waals surface area (Å²) >= 11 is 0. The van der Waals surface area contributed by atoms with Gasteiger partial charge in [0.15, 0.2) is 0 Å². The highest BCUT2D eigenvalue weighted by molar-refractivity contribution is 7.87. The van der Waals surface area contributed by atoms with E-state index in [1.165, 1.54) is 4.31 Å². The summed E-state index contributed by atoms with van der Waals surface area (Å²) in [6, 6.07) is 0. The Hall–Kier alpha value is -0.210. The molecule has 0 aromatic rings. The molecule has 20 heavy (non-hydrogen) atoms. The fraction of sp³-hybridized carbons (Fsp3) is 1.00. The van der Waals surface area contributed by atoms with E-state index in [4.69, 9.17) is 4.74 Å². The molecule has 1 aliphatic heterocycles. The van der Waals surface area contributed by atoms with Crippen LogP contribution in [0.15, 0.2) is 0 Å². The van der Waals surface area contributed by atoms with E-state index in [0.717, 1.165) is 25.7 Å². The van der Waals surface area contributed by atoms with Gasteiger partial charge >= 0.3 is 0 Å². The van der Waals surface area contributed by atoms with Crippen molar-refractivity contribution in [1.29, 1.82) is 0 Å². The van der Waals surface area contributed by atoms with Crippen molar-refractivity contribution < 1.29 is 18.3 Å². The lowest BCUT2D eigenvalue weighted by Crippen LogP contribution is -2.52. The first-order valence-electron chi connectivity index (χ1n) is 7.45. The van der Waals surface area contributed by atoms with Crippen molar-refractivity contribution in [3.63, 3.8) is 0 Å². The highest BCUT2D eigenvalue weighted by Gasteiger charge is 2.31. The van der Waals surface area contributed by atoms with Gasteiger partial charge in [0.2, 0.25) is 0 Å². The van der Waals surface area contributed by atoms with Crippen molar-refractivity contribution in [3.8, 4) is 0 Å². The zero-order valence-corrected chi connectivity index (χ0v) is 13.1. The summed E-state index contributed by atoms with van der Waals surface area (Å²) in [5, 5.41) is 9.46. The van der Waals surface area contributed by atoms with Crippen LogP contribution in [0.2, 0.25) is 0 Å². The maximum absolute atomic E-state index is 12.3. The number of nitrogens with zero attached hydrogens (tertiary/aromatic N) is 1. The van der Waals surface area contributed by atoms with Crippen LogP contribution in [0.25, 0.3) is 0 Å². The first-order valence-corrected chi connectivity index (χ1v) is 8.89. The minimum Gasteiger partial charge on any atom is -0.393 e. The second kappa shape index (κ2) is 6.70. The number of hydrogen-bond donors (Lipinski definition) is 2. The Labute approximate surface area is 121 Å². The van der Waals surface area contributed by atoms with Crippen molar-refractivity contribution in [2.24, 2.45) is 5.92 Å². The summed E-state index contributed by atoms with van der Waals surface area (Å²) in [5.74, 6) is 0.337. The Morgan fingerprint density at radius 2 is 1.70 bits per heavy atom. The van der Waals surface area contributed by atoms with Crippen molar-refractivity contribution >= 4 is 10.2 Å². The first-order chi connectivity index (χ1) is 9.37. The van der Waals surface area contributed by atoms with E-state index < -0.39 is 10.2 Å². The Kier molecular flexibility index (Phi) is 5.42. The van der Waals surface area contributed by atoms with E-state index in [2.05, 4.69) is 4.72 Å². The van der Waals surface area contributed by atoms with E-state index in [0.29, 0.717) is 25.6 Å². The number of aliphatic hydroxyl groups excluding tert-OH is 1. The van der Waals surface area contributed by atoms with Crippen LogP contribution in [0.1, 0.15) is 39.5 Å². The minimum atomic E-state index is -3.42. The maximum atomic E-state index is 12.3. The molecule has 6 nitrogen and oxygen atoms in total. The van der Waals surface area contributed by atoms with Gasteiger partial charge in [-0.3, -0.25) is 0 Å². The molecule has 7 heteroatoms. The zero-order valence-electron chi connectivity index (χ0n) is 12.3. The van der Waals surface area contributed by atoms with Crippen molar-refractivity contribution in [1.82, 2.24) is 9.03 Å². The molecule has 1 saturated carbocycles. The molecule has 1 saturated heterocycles. The Morgan fingerprint density at radius 1 is 1.15 bits per heavy atom. The van der Waals surface area contributed by atoms with Gasteiger partial charge in [0.25, 0.3) is 10.2 Å². The molecule has 1 heterocycles. The van der Waals surface area contributed by atoms with Crippen LogP contribution in [-0.4, -0.2) is 55.8 Å². The molecule has 0 aromatic heterocycles. The molecule has 0 amide bonds. The highest BCUT2D eigenvalue weighted by Crippen LogP contribution is 2.24. The van der Waals surface area contributed by atoms with Crippen LogP contribution in [0, 0.1) is 5.92 Å². The van der Waals surface area contributed by atoms with Crippen molar-refractivity contribution in [3.05, 3.63) is 0 Å². The monoisotopic (exact) mass is 306 g/mol. The quantitative estimate of drug-likeness (QED) is 0.792. The summed E-state index contributed by atoms with van der Waals surface area (Å²) in [7, 11) is -3.42. The van der Waals surface area contributed by atoms with Crippen molar-refractivity contribution in [2.45, 2.75) is 57.8 Å². The van der Waals surface area contributed by atoms with Gasteiger partial charge in [-0.15, -0.1) is 0 Å². The van der Waals surface area contributed by atoms with Gasteiger partial charge in [0.05, 0.1) is 18.3 Å². The summed E-state index contributed by atoms with van der Waals surface area (Å²) in [4.78, 5) is 0. The van der Waals surface area contributed by atoms with E-state index in [-0.39, 0.29) is 18.3 Å². The molecular formula is C13H26N2O4S. The Balaban J connectivity index is 1.84. The molecular weight excluding hydrogens is 280 g/mol. The SMILES string of the molecule is CC1CN(S(=O)(=O)NCC2CCC(O)CC2)CC(C)O1. The fourth-order valence-corrected chi connectivity index (χ4v) is 4.43. The molecule has 0 radical (unpaired) electrons. The summed E-state index contributed by atoms with van der Waals surface area (Å²) < 4.78 is 34.3. The van der Waals surface area contributed by atoms with Crippen LogP contribution in [0.4, 0.5) is 0 Å². The van der Waals surface area contributed by atoms with Gasteiger partial charge in [0, 0.05) is 19.6 Å². The maximum Gasteiger partial charge on any atom is 0.279 e.